The highest BCUT2D eigenvalue weighted by Crippen LogP contribution is 2.16. The summed E-state index contributed by atoms with van der Waals surface area (Å²) < 4.78 is 2.17. The molecule has 17 heavy (non-hydrogen) atoms. The molecule has 0 aliphatic heterocycles. The first-order chi connectivity index (χ1) is 7.59. The first-order valence-corrected chi connectivity index (χ1v) is 5.36. The number of Topliss-reactive ketones (excluding diaryl/α,β-unsaturated/α-hetero) is 1. The van der Waals surface area contributed by atoms with E-state index in [4.69, 9.17) is 0 Å². The van der Waals surface area contributed by atoms with Gasteiger partial charge in [0.05, 0.1) is 0 Å². The molecule has 0 bridgehead atoms. The Kier molecular flexibility index (Phi) is 3.89. The Morgan fingerprint density at radius 3 is 1.82 bits per heavy atom. The molecule has 0 saturated carbocycles. The molecule has 0 saturated heterocycles. The minimum atomic E-state index is 0. The van der Waals surface area contributed by atoms with Crippen LogP contribution >= 0.6 is 0 Å². The van der Waals surface area contributed by atoms with Crippen LogP contribution in [0.1, 0.15) is 36.1 Å². The molecule has 0 aliphatic rings. The topological polar surface area (TPSA) is 22.0 Å². The van der Waals surface area contributed by atoms with Crippen LogP contribution in [0.3, 0.4) is 0 Å². The summed E-state index contributed by atoms with van der Waals surface area (Å²) in [7, 11) is 0. The molecule has 0 radical (unpaired) electrons. The fraction of sp³-hybridized carbons (Fsp3) is 0.267. The highest BCUT2D eigenvalue weighted by atomic mass is 16.1. The molecular formula is C15H19NO. The molecule has 0 N–H and O–H groups in total. The molecule has 1 heterocycles. The minimum absolute atomic E-state index is 0. The lowest BCUT2D eigenvalue weighted by Crippen LogP contribution is -1.99. The largest absolute Gasteiger partial charge is 0.319 e. The molecule has 1 aromatic heterocycles. The number of carbonyl (C=O) groups excluding carboxylic acids is 1. The van der Waals surface area contributed by atoms with Gasteiger partial charge in [-0.05, 0) is 57.2 Å². The molecule has 2 rings (SSSR count). The fourth-order valence-corrected chi connectivity index (χ4v) is 1.92. The van der Waals surface area contributed by atoms with Crippen LogP contribution in [0, 0.1) is 13.8 Å². The zero-order valence-electron chi connectivity index (χ0n) is 9.82. The Balaban J connectivity index is 0.00000144. The van der Waals surface area contributed by atoms with Crippen molar-refractivity contribution < 1.29 is 4.79 Å². The SMILES string of the molecule is C.CC(=O)c1ccc(-n2c(C)ccc2C)cc1. The third-order valence-electron chi connectivity index (χ3n) is 2.80. The van der Waals surface area contributed by atoms with Crippen molar-refractivity contribution in [2.24, 2.45) is 0 Å². The third-order valence-corrected chi connectivity index (χ3v) is 2.80. The predicted molar refractivity (Wildman–Crippen MR) is 72.0 cm³/mol. The van der Waals surface area contributed by atoms with Crippen LogP contribution < -0.4 is 0 Å². The second-order valence-corrected chi connectivity index (χ2v) is 4.05. The number of rotatable bonds is 2. The number of ketones is 1. The summed E-state index contributed by atoms with van der Waals surface area (Å²) in [6.45, 7) is 5.74. The fourth-order valence-electron chi connectivity index (χ4n) is 1.92. The second kappa shape index (κ2) is 5.00. The van der Waals surface area contributed by atoms with Crippen molar-refractivity contribution >= 4 is 5.78 Å². The Bertz CT molecular complexity index is 501. The number of aromatic nitrogens is 1. The van der Waals surface area contributed by atoms with E-state index in [1.54, 1.807) is 6.92 Å². The third kappa shape index (κ3) is 2.47. The summed E-state index contributed by atoms with van der Waals surface area (Å²) in [5, 5.41) is 0. The summed E-state index contributed by atoms with van der Waals surface area (Å²) in [6, 6.07) is 11.9. The molecule has 0 fully saturated rings. The summed E-state index contributed by atoms with van der Waals surface area (Å²) in [6.07, 6.45) is 0. The van der Waals surface area contributed by atoms with Crippen LogP contribution in [0.15, 0.2) is 36.4 Å². The molecular weight excluding hydrogens is 210 g/mol. The van der Waals surface area contributed by atoms with E-state index in [2.05, 4.69) is 30.5 Å². The lowest BCUT2D eigenvalue weighted by atomic mass is 10.1. The van der Waals surface area contributed by atoms with E-state index in [1.807, 2.05) is 24.3 Å². The maximum absolute atomic E-state index is 11.2. The molecule has 0 amide bonds. The van der Waals surface area contributed by atoms with Gasteiger partial charge in [-0.1, -0.05) is 7.43 Å². The number of benzene rings is 1. The summed E-state index contributed by atoms with van der Waals surface area (Å²) >= 11 is 0. The van der Waals surface area contributed by atoms with Crippen LogP contribution in [0.25, 0.3) is 5.69 Å². The van der Waals surface area contributed by atoms with E-state index in [0.29, 0.717) is 0 Å². The van der Waals surface area contributed by atoms with Crippen LogP contribution in [-0.2, 0) is 0 Å². The Morgan fingerprint density at radius 2 is 1.41 bits per heavy atom. The number of aryl methyl sites for hydroxylation is 2. The Morgan fingerprint density at radius 1 is 0.941 bits per heavy atom. The van der Waals surface area contributed by atoms with Crippen molar-refractivity contribution in [2.75, 3.05) is 0 Å². The zero-order chi connectivity index (χ0) is 11.7. The summed E-state index contributed by atoms with van der Waals surface area (Å²) in [4.78, 5) is 11.2. The van der Waals surface area contributed by atoms with Crippen molar-refractivity contribution in [3.8, 4) is 5.69 Å². The van der Waals surface area contributed by atoms with E-state index in [1.165, 1.54) is 11.4 Å². The first kappa shape index (κ1) is 13.2. The molecule has 0 atom stereocenters. The lowest BCUT2D eigenvalue weighted by Gasteiger charge is -2.09. The van der Waals surface area contributed by atoms with Gasteiger partial charge in [0.1, 0.15) is 0 Å². The van der Waals surface area contributed by atoms with Gasteiger partial charge in [0.25, 0.3) is 0 Å². The quantitative estimate of drug-likeness (QED) is 0.715. The lowest BCUT2D eigenvalue weighted by molar-refractivity contribution is 0.101. The zero-order valence-corrected chi connectivity index (χ0v) is 9.82. The van der Waals surface area contributed by atoms with Gasteiger partial charge >= 0.3 is 0 Å². The molecule has 0 unspecified atom stereocenters. The smallest absolute Gasteiger partial charge is 0.159 e. The maximum atomic E-state index is 11.2. The van der Waals surface area contributed by atoms with Crippen molar-refractivity contribution in [3.05, 3.63) is 53.3 Å². The van der Waals surface area contributed by atoms with Gasteiger partial charge in [-0.3, -0.25) is 4.79 Å². The van der Waals surface area contributed by atoms with E-state index in [0.717, 1.165) is 11.3 Å². The van der Waals surface area contributed by atoms with Crippen LogP contribution in [0.5, 0.6) is 0 Å². The van der Waals surface area contributed by atoms with Crippen molar-refractivity contribution in [3.63, 3.8) is 0 Å². The van der Waals surface area contributed by atoms with Gasteiger partial charge in [-0.2, -0.15) is 0 Å². The molecule has 2 nitrogen and oxygen atoms in total. The molecule has 0 aliphatic carbocycles. The summed E-state index contributed by atoms with van der Waals surface area (Å²) in [5.74, 6) is 0.104. The van der Waals surface area contributed by atoms with E-state index < -0.39 is 0 Å². The van der Waals surface area contributed by atoms with Gasteiger partial charge in [0.15, 0.2) is 5.78 Å². The predicted octanol–water partition coefficient (Wildman–Crippen LogP) is 3.93. The molecule has 0 spiro atoms. The molecule has 1 aromatic carbocycles. The Hall–Kier alpha value is -1.83. The average molecular weight is 229 g/mol. The maximum Gasteiger partial charge on any atom is 0.159 e. The number of carbonyl (C=O) groups is 1. The molecule has 90 valence electrons. The van der Waals surface area contributed by atoms with E-state index in [9.17, 15) is 4.79 Å². The Labute approximate surface area is 103 Å². The van der Waals surface area contributed by atoms with Gasteiger partial charge in [-0.25, -0.2) is 0 Å². The number of hydrogen-bond acceptors (Lipinski definition) is 1. The monoisotopic (exact) mass is 229 g/mol. The highest BCUT2D eigenvalue weighted by molar-refractivity contribution is 5.94. The standard InChI is InChI=1S/C14H15NO.CH4/c1-10-4-5-11(2)15(10)14-8-6-13(7-9-14)12(3)16;/h4-9H,1-3H3;1H4. The first-order valence-electron chi connectivity index (χ1n) is 5.36. The van der Waals surface area contributed by atoms with Gasteiger partial charge in [0.2, 0.25) is 0 Å². The van der Waals surface area contributed by atoms with Crippen molar-refractivity contribution in [2.45, 2.75) is 28.2 Å². The van der Waals surface area contributed by atoms with Crippen LogP contribution in [-0.4, -0.2) is 10.4 Å². The van der Waals surface area contributed by atoms with Gasteiger partial charge in [-0.15, -0.1) is 0 Å². The number of hydrogen-bond donors (Lipinski definition) is 0. The average Bonchev–Trinajstić information content (AvgIpc) is 2.59. The normalized spacial score (nSPS) is 9.82. The van der Waals surface area contributed by atoms with E-state index in [-0.39, 0.29) is 13.2 Å². The molecule has 2 aromatic rings. The highest BCUT2D eigenvalue weighted by Gasteiger charge is 2.04. The van der Waals surface area contributed by atoms with Gasteiger partial charge < -0.3 is 4.57 Å². The van der Waals surface area contributed by atoms with Crippen molar-refractivity contribution in [1.82, 2.24) is 4.57 Å². The van der Waals surface area contributed by atoms with E-state index >= 15 is 0 Å². The second-order valence-electron chi connectivity index (χ2n) is 4.05. The van der Waals surface area contributed by atoms with Crippen LogP contribution in [0.4, 0.5) is 0 Å². The molecule has 2 heteroatoms. The van der Waals surface area contributed by atoms with Crippen molar-refractivity contribution in [1.29, 1.82) is 0 Å². The summed E-state index contributed by atoms with van der Waals surface area (Å²) in [5.41, 5.74) is 4.26. The number of nitrogens with zero attached hydrogens (tertiary/aromatic N) is 1. The van der Waals surface area contributed by atoms with Gasteiger partial charge in [0, 0.05) is 22.6 Å². The van der Waals surface area contributed by atoms with Crippen LogP contribution in [0.2, 0.25) is 0 Å². The minimum Gasteiger partial charge on any atom is -0.319 e.